The average Bonchev–Trinajstić information content (AvgIpc) is 2.74. The van der Waals surface area contributed by atoms with Gasteiger partial charge in [-0.3, -0.25) is 4.79 Å². The fourth-order valence-electron chi connectivity index (χ4n) is 2.67. The van der Waals surface area contributed by atoms with Crippen LogP contribution in [0.25, 0.3) is 11.1 Å². The van der Waals surface area contributed by atoms with Gasteiger partial charge in [-0.05, 0) is 42.8 Å². The van der Waals surface area contributed by atoms with Gasteiger partial charge in [-0.25, -0.2) is 9.18 Å². The van der Waals surface area contributed by atoms with Gasteiger partial charge in [0.2, 0.25) is 0 Å². The molecule has 0 aromatic heterocycles. The van der Waals surface area contributed by atoms with Crippen LogP contribution in [-0.4, -0.2) is 24.6 Å². The van der Waals surface area contributed by atoms with Crippen molar-refractivity contribution in [3.05, 3.63) is 84.7 Å². The number of nitrogens with one attached hydrogen (secondary N) is 1. The summed E-state index contributed by atoms with van der Waals surface area (Å²) < 4.78 is 23.3. The monoisotopic (exact) mass is 393 g/mol. The summed E-state index contributed by atoms with van der Waals surface area (Å²) >= 11 is 0. The lowest BCUT2D eigenvalue weighted by molar-refractivity contribution is -0.153. The SMILES string of the molecule is C[C@@H](Oc1ccc(F)cc1)C(=O)OCC(=O)Nc1ccccc1-c1ccccc1. The van der Waals surface area contributed by atoms with Crippen LogP contribution >= 0.6 is 0 Å². The molecule has 6 heteroatoms. The molecule has 1 atom stereocenters. The summed E-state index contributed by atoms with van der Waals surface area (Å²) in [4.78, 5) is 24.3. The van der Waals surface area contributed by atoms with E-state index < -0.39 is 30.4 Å². The minimum absolute atomic E-state index is 0.331. The first kappa shape index (κ1) is 20.1. The van der Waals surface area contributed by atoms with Crippen molar-refractivity contribution in [2.75, 3.05) is 11.9 Å². The first-order valence-electron chi connectivity index (χ1n) is 9.06. The average molecular weight is 393 g/mol. The van der Waals surface area contributed by atoms with Crippen LogP contribution in [0.15, 0.2) is 78.9 Å². The summed E-state index contributed by atoms with van der Waals surface area (Å²) in [6.07, 6.45) is -0.940. The van der Waals surface area contributed by atoms with E-state index in [2.05, 4.69) is 5.32 Å². The number of carbonyl (C=O) groups excluding carboxylic acids is 2. The van der Waals surface area contributed by atoms with Crippen LogP contribution in [0.2, 0.25) is 0 Å². The Morgan fingerprint density at radius 3 is 2.31 bits per heavy atom. The summed E-state index contributed by atoms with van der Waals surface area (Å²) in [5.41, 5.74) is 2.44. The van der Waals surface area contributed by atoms with Gasteiger partial charge in [0, 0.05) is 11.3 Å². The van der Waals surface area contributed by atoms with Gasteiger partial charge in [0.05, 0.1) is 0 Å². The van der Waals surface area contributed by atoms with E-state index in [1.165, 1.54) is 31.2 Å². The maximum absolute atomic E-state index is 12.9. The van der Waals surface area contributed by atoms with Crippen molar-refractivity contribution in [2.24, 2.45) is 0 Å². The van der Waals surface area contributed by atoms with Gasteiger partial charge in [-0.2, -0.15) is 0 Å². The smallest absolute Gasteiger partial charge is 0.347 e. The van der Waals surface area contributed by atoms with E-state index in [0.29, 0.717) is 11.4 Å². The minimum Gasteiger partial charge on any atom is -0.479 e. The number of carbonyl (C=O) groups is 2. The zero-order valence-corrected chi connectivity index (χ0v) is 15.8. The highest BCUT2D eigenvalue weighted by Crippen LogP contribution is 2.27. The molecular weight excluding hydrogens is 373 g/mol. The molecule has 0 saturated heterocycles. The zero-order chi connectivity index (χ0) is 20.6. The second kappa shape index (κ2) is 9.50. The first-order valence-corrected chi connectivity index (χ1v) is 9.06. The van der Waals surface area contributed by atoms with Crippen LogP contribution in [0, 0.1) is 5.82 Å². The Balaban J connectivity index is 1.55. The van der Waals surface area contributed by atoms with Gasteiger partial charge in [-0.15, -0.1) is 0 Å². The van der Waals surface area contributed by atoms with E-state index in [0.717, 1.165) is 11.1 Å². The van der Waals surface area contributed by atoms with Crippen molar-refractivity contribution in [3.8, 4) is 16.9 Å². The molecule has 3 aromatic carbocycles. The second-order valence-electron chi connectivity index (χ2n) is 6.28. The Kier molecular flexibility index (Phi) is 6.58. The van der Waals surface area contributed by atoms with Crippen LogP contribution in [-0.2, 0) is 14.3 Å². The van der Waals surface area contributed by atoms with Crippen molar-refractivity contribution < 1.29 is 23.5 Å². The molecule has 0 aliphatic rings. The molecule has 0 radical (unpaired) electrons. The molecule has 3 aromatic rings. The first-order chi connectivity index (χ1) is 14.0. The van der Waals surface area contributed by atoms with Gasteiger partial charge in [0.15, 0.2) is 12.7 Å². The standard InChI is InChI=1S/C23H20FNO4/c1-16(29-19-13-11-18(24)12-14-19)23(27)28-15-22(26)25-21-10-6-5-9-20(21)17-7-3-2-4-8-17/h2-14,16H,15H2,1H3,(H,25,26)/t16-/m1/s1. The fraction of sp³-hybridized carbons (Fsp3) is 0.130. The molecule has 0 fully saturated rings. The molecule has 1 N–H and O–H groups in total. The van der Waals surface area contributed by atoms with Crippen LogP contribution < -0.4 is 10.1 Å². The van der Waals surface area contributed by atoms with E-state index in [1.54, 1.807) is 6.07 Å². The Morgan fingerprint density at radius 1 is 0.931 bits per heavy atom. The van der Waals surface area contributed by atoms with Crippen molar-refractivity contribution in [3.63, 3.8) is 0 Å². The molecule has 0 heterocycles. The maximum Gasteiger partial charge on any atom is 0.347 e. The third-order valence-electron chi connectivity index (χ3n) is 4.09. The number of benzene rings is 3. The zero-order valence-electron chi connectivity index (χ0n) is 15.8. The quantitative estimate of drug-likeness (QED) is 0.603. The fourth-order valence-corrected chi connectivity index (χ4v) is 2.67. The molecule has 3 rings (SSSR count). The number of esters is 1. The number of ether oxygens (including phenoxy) is 2. The molecule has 148 valence electrons. The second-order valence-corrected chi connectivity index (χ2v) is 6.28. The Morgan fingerprint density at radius 2 is 1.59 bits per heavy atom. The number of hydrogen-bond donors (Lipinski definition) is 1. The Bertz CT molecular complexity index is 974. The lowest BCUT2D eigenvalue weighted by Gasteiger charge is -2.15. The number of rotatable bonds is 7. The van der Waals surface area contributed by atoms with Crippen LogP contribution in [0.3, 0.4) is 0 Å². The summed E-state index contributed by atoms with van der Waals surface area (Å²) in [5, 5.41) is 2.76. The van der Waals surface area contributed by atoms with E-state index in [9.17, 15) is 14.0 Å². The van der Waals surface area contributed by atoms with Crippen LogP contribution in [0.1, 0.15) is 6.92 Å². The van der Waals surface area contributed by atoms with Crippen molar-refractivity contribution in [1.82, 2.24) is 0 Å². The van der Waals surface area contributed by atoms with Gasteiger partial charge < -0.3 is 14.8 Å². The highest BCUT2D eigenvalue weighted by Gasteiger charge is 2.18. The Hall–Kier alpha value is -3.67. The van der Waals surface area contributed by atoms with Crippen molar-refractivity contribution >= 4 is 17.6 Å². The largest absolute Gasteiger partial charge is 0.479 e. The molecule has 29 heavy (non-hydrogen) atoms. The van der Waals surface area contributed by atoms with Crippen molar-refractivity contribution in [1.29, 1.82) is 0 Å². The lowest BCUT2D eigenvalue weighted by atomic mass is 10.0. The highest BCUT2D eigenvalue weighted by atomic mass is 19.1. The lowest BCUT2D eigenvalue weighted by Crippen LogP contribution is -2.29. The number of halogens is 1. The molecule has 0 saturated carbocycles. The molecule has 0 aliphatic carbocycles. The summed E-state index contributed by atoms with van der Waals surface area (Å²) in [7, 11) is 0. The summed E-state index contributed by atoms with van der Waals surface area (Å²) in [5.74, 6) is -1.23. The summed E-state index contributed by atoms with van der Waals surface area (Å²) in [6, 6.07) is 22.3. The molecule has 0 unspecified atom stereocenters. The van der Waals surface area contributed by atoms with E-state index in [-0.39, 0.29) is 0 Å². The molecule has 1 amide bonds. The van der Waals surface area contributed by atoms with Gasteiger partial charge >= 0.3 is 5.97 Å². The van der Waals surface area contributed by atoms with Crippen LogP contribution in [0.5, 0.6) is 5.75 Å². The molecule has 0 aliphatic heterocycles. The van der Waals surface area contributed by atoms with Crippen molar-refractivity contribution in [2.45, 2.75) is 13.0 Å². The van der Waals surface area contributed by atoms with E-state index >= 15 is 0 Å². The normalized spacial score (nSPS) is 11.4. The molecule has 0 spiro atoms. The maximum atomic E-state index is 12.9. The van der Waals surface area contributed by atoms with Gasteiger partial charge in [-0.1, -0.05) is 48.5 Å². The molecule has 5 nitrogen and oxygen atoms in total. The van der Waals surface area contributed by atoms with Gasteiger partial charge in [0.1, 0.15) is 11.6 Å². The van der Waals surface area contributed by atoms with E-state index in [1.807, 2.05) is 48.5 Å². The topological polar surface area (TPSA) is 64.6 Å². The highest BCUT2D eigenvalue weighted by molar-refractivity contribution is 5.97. The molecular formula is C23H20FNO4. The molecule has 0 bridgehead atoms. The van der Waals surface area contributed by atoms with Crippen LogP contribution in [0.4, 0.5) is 10.1 Å². The number of amides is 1. The van der Waals surface area contributed by atoms with Gasteiger partial charge in [0.25, 0.3) is 5.91 Å². The number of anilines is 1. The predicted octanol–water partition coefficient (Wildman–Crippen LogP) is 4.44. The number of para-hydroxylation sites is 1. The number of hydrogen-bond acceptors (Lipinski definition) is 4. The Labute approximate surface area is 168 Å². The summed E-state index contributed by atoms with van der Waals surface area (Å²) in [6.45, 7) is 1.05. The van der Waals surface area contributed by atoms with E-state index in [4.69, 9.17) is 9.47 Å². The third kappa shape index (κ3) is 5.65. The predicted molar refractivity (Wildman–Crippen MR) is 108 cm³/mol. The minimum atomic E-state index is -0.940. The third-order valence-corrected chi connectivity index (χ3v) is 4.09.